The van der Waals surface area contributed by atoms with E-state index in [1.165, 1.54) is 6.08 Å². The standard InChI is InChI=1S/C23H23N3O4S/c1-30-20-10-8-18(9-11-20)21-15-22(26(25-21)19-13-14-31(28,29)16-19)24-23(27)12-7-17-5-3-2-4-6-17/h2-12,15,19H,13-14,16H2,1H3,(H,24,27)/b12-7+/t19-/m0/s1. The third-order valence-electron chi connectivity index (χ3n) is 5.15. The Bertz CT molecular complexity index is 1200. The Morgan fingerprint density at radius 3 is 2.55 bits per heavy atom. The highest BCUT2D eigenvalue weighted by molar-refractivity contribution is 7.91. The van der Waals surface area contributed by atoms with Gasteiger partial charge in [0.1, 0.15) is 11.6 Å². The van der Waals surface area contributed by atoms with Crippen molar-refractivity contribution in [2.75, 3.05) is 23.9 Å². The fourth-order valence-corrected chi connectivity index (χ4v) is 5.23. The average molecular weight is 438 g/mol. The van der Waals surface area contributed by atoms with E-state index in [-0.39, 0.29) is 23.5 Å². The number of hydrogen-bond donors (Lipinski definition) is 1. The summed E-state index contributed by atoms with van der Waals surface area (Å²) in [5, 5.41) is 7.48. The number of benzene rings is 2. The van der Waals surface area contributed by atoms with Gasteiger partial charge in [-0.3, -0.25) is 4.79 Å². The number of ether oxygens (including phenoxy) is 1. The molecule has 0 aliphatic carbocycles. The lowest BCUT2D eigenvalue weighted by Gasteiger charge is -2.13. The van der Waals surface area contributed by atoms with Crippen molar-refractivity contribution in [3.63, 3.8) is 0 Å². The summed E-state index contributed by atoms with van der Waals surface area (Å²) in [4.78, 5) is 12.5. The average Bonchev–Trinajstić information content (AvgIpc) is 3.35. The molecule has 1 atom stereocenters. The van der Waals surface area contributed by atoms with Gasteiger partial charge in [-0.1, -0.05) is 30.3 Å². The van der Waals surface area contributed by atoms with Crippen molar-refractivity contribution in [1.82, 2.24) is 9.78 Å². The molecule has 4 rings (SSSR count). The molecule has 0 bridgehead atoms. The minimum absolute atomic E-state index is 0.0134. The highest BCUT2D eigenvalue weighted by Gasteiger charge is 2.31. The highest BCUT2D eigenvalue weighted by atomic mass is 32.2. The van der Waals surface area contributed by atoms with Crippen molar-refractivity contribution in [2.24, 2.45) is 0 Å². The Hall–Kier alpha value is -3.39. The van der Waals surface area contributed by atoms with Crippen LogP contribution in [0.4, 0.5) is 5.82 Å². The molecule has 7 nitrogen and oxygen atoms in total. The van der Waals surface area contributed by atoms with E-state index in [0.29, 0.717) is 17.9 Å². The number of nitrogens with one attached hydrogen (secondary N) is 1. The van der Waals surface area contributed by atoms with Crippen molar-refractivity contribution in [3.8, 4) is 17.0 Å². The van der Waals surface area contributed by atoms with Gasteiger partial charge < -0.3 is 10.1 Å². The van der Waals surface area contributed by atoms with Crippen LogP contribution >= 0.6 is 0 Å². The first kappa shape index (κ1) is 20.9. The van der Waals surface area contributed by atoms with Gasteiger partial charge in [-0.2, -0.15) is 5.10 Å². The topological polar surface area (TPSA) is 90.3 Å². The summed E-state index contributed by atoms with van der Waals surface area (Å²) in [6.07, 6.45) is 3.64. The molecular weight excluding hydrogens is 414 g/mol. The maximum Gasteiger partial charge on any atom is 0.249 e. The van der Waals surface area contributed by atoms with E-state index < -0.39 is 9.84 Å². The molecule has 0 radical (unpaired) electrons. The Morgan fingerprint density at radius 1 is 1.16 bits per heavy atom. The van der Waals surface area contributed by atoms with Crippen LogP contribution in [-0.4, -0.2) is 42.7 Å². The number of carbonyl (C=O) groups excluding carboxylic acids is 1. The summed E-state index contributed by atoms with van der Waals surface area (Å²) in [6.45, 7) is 0. The van der Waals surface area contributed by atoms with Crippen molar-refractivity contribution >= 4 is 27.6 Å². The van der Waals surface area contributed by atoms with Gasteiger partial charge in [0.2, 0.25) is 5.91 Å². The summed E-state index contributed by atoms with van der Waals surface area (Å²) in [6, 6.07) is 18.4. The fourth-order valence-electron chi connectivity index (χ4n) is 3.54. The maximum absolute atomic E-state index is 12.5. The smallest absolute Gasteiger partial charge is 0.249 e. The zero-order valence-electron chi connectivity index (χ0n) is 17.1. The van der Waals surface area contributed by atoms with Crippen molar-refractivity contribution in [1.29, 1.82) is 0 Å². The van der Waals surface area contributed by atoms with E-state index in [1.54, 1.807) is 23.9 Å². The SMILES string of the molecule is COc1ccc(-c2cc(NC(=O)/C=C/c3ccccc3)n([C@H]3CCS(=O)(=O)C3)n2)cc1. The molecule has 3 aromatic rings. The summed E-state index contributed by atoms with van der Waals surface area (Å²) in [5.41, 5.74) is 2.40. The normalized spacial score (nSPS) is 17.6. The van der Waals surface area contributed by atoms with Gasteiger partial charge in [0.15, 0.2) is 9.84 Å². The third-order valence-corrected chi connectivity index (χ3v) is 6.90. The first-order chi connectivity index (χ1) is 14.9. The second-order valence-corrected chi connectivity index (χ2v) is 9.61. The first-order valence-corrected chi connectivity index (χ1v) is 11.7. The monoisotopic (exact) mass is 437 g/mol. The number of hydrogen-bond acceptors (Lipinski definition) is 5. The molecule has 0 saturated carbocycles. The third kappa shape index (κ3) is 5.03. The molecule has 1 aliphatic rings. The molecule has 1 aliphatic heterocycles. The molecule has 2 aromatic carbocycles. The van der Waals surface area contributed by atoms with Crippen LogP contribution in [0.1, 0.15) is 18.0 Å². The molecule has 2 heterocycles. The van der Waals surface area contributed by atoms with Gasteiger partial charge in [0, 0.05) is 17.7 Å². The Morgan fingerprint density at radius 2 is 1.90 bits per heavy atom. The lowest BCUT2D eigenvalue weighted by Crippen LogP contribution is -2.18. The molecule has 1 N–H and O–H groups in total. The van der Waals surface area contributed by atoms with E-state index in [1.807, 2.05) is 54.6 Å². The van der Waals surface area contributed by atoms with Crippen LogP contribution in [0, 0.1) is 0 Å². The lowest BCUT2D eigenvalue weighted by molar-refractivity contribution is -0.111. The minimum Gasteiger partial charge on any atom is -0.497 e. The van der Waals surface area contributed by atoms with Gasteiger partial charge in [0.25, 0.3) is 0 Å². The van der Waals surface area contributed by atoms with E-state index in [2.05, 4.69) is 10.4 Å². The summed E-state index contributed by atoms with van der Waals surface area (Å²) >= 11 is 0. The largest absolute Gasteiger partial charge is 0.497 e. The van der Waals surface area contributed by atoms with E-state index in [4.69, 9.17) is 4.74 Å². The number of amides is 1. The number of sulfone groups is 1. The number of anilines is 1. The summed E-state index contributed by atoms with van der Waals surface area (Å²) in [7, 11) is -1.51. The van der Waals surface area contributed by atoms with E-state index in [0.717, 1.165) is 16.9 Å². The van der Waals surface area contributed by atoms with Gasteiger partial charge in [-0.25, -0.2) is 13.1 Å². The number of nitrogens with zero attached hydrogens (tertiary/aromatic N) is 2. The molecule has 31 heavy (non-hydrogen) atoms. The molecular formula is C23H23N3O4S. The molecule has 1 aromatic heterocycles. The first-order valence-electron chi connectivity index (χ1n) is 9.92. The minimum atomic E-state index is -3.10. The van der Waals surface area contributed by atoms with Crippen LogP contribution in [0.5, 0.6) is 5.75 Å². The second kappa shape index (κ2) is 8.77. The fraction of sp³-hybridized carbons (Fsp3) is 0.217. The van der Waals surface area contributed by atoms with Crippen LogP contribution in [0.25, 0.3) is 17.3 Å². The molecule has 0 spiro atoms. The van der Waals surface area contributed by atoms with Crippen LogP contribution in [-0.2, 0) is 14.6 Å². The Balaban J connectivity index is 1.62. The highest BCUT2D eigenvalue weighted by Crippen LogP contribution is 2.31. The quantitative estimate of drug-likeness (QED) is 0.596. The lowest BCUT2D eigenvalue weighted by atomic mass is 10.1. The number of aromatic nitrogens is 2. The van der Waals surface area contributed by atoms with Crippen molar-refractivity contribution < 1.29 is 17.9 Å². The van der Waals surface area contributed by atoms with Crippen LogP contribution in [0.2, 0.25) is 0 Å². The zero-order chi connectivity index (χ0) is 21.8. The van der Waals surface area contributed by atoms with Gasteiger partial charge in [0.05, 0.1) is 30.4 Å². The van der Waals surface area contributed by atoms with E-state index in [9.17, 15) is 13.2 Å². The Kier molecular flexibility index (Phi) is 5.90. The number of rotatable bonds is 6. The van der Waals surface area contributed by atoms with Crippen LogP contribution < -0.4 is 10.1 Å². The van der Waals surface area contributed by atoms with Crippen molar-refractivity contribution in [2.45, 2.75) is 12.5 Å². The van der Waals surface area contributed by atoms with Crippen molar-refractivity contribution in [3.05, 3.63) is 72.3 Å². The van der Waals surface area contributed by atoms with Crippen LogP contribution in [0.3, 0.4) is 0 Å². The summed E-state index contributed by atoms with van der Waals surface area (Å²) < 4.78 is 30.8. The predicted molar refractivity (Wildman–Crippen MR) is 121 cm³/mol. The zero-order valence-corrected chi connectivity index (χ0v) is 17.9. The predicted octanol–water partition coefficient (Wildman–Crippen LogP) is 3.57. The number of methoxy groups -OCH3 is 1. The number of carbonyl (C=O) groups is 1. The molecule has 8 heteroatoms. The van der Waals surface area contributed by atoms with Gasteiger partial charge >= 0.3 is 0 Å². The maximum atomic E-state index is 12.5. The van der Waals surface area contributed by atoms with Gasteiger partial charge in [-0.15, -0.1) is 0 Å². The van der Waals surface area contributed by atoms with E-state index >= 15 is 0 Å². The molecule has 1 saturated heterocycles. The van der Waals surface area contributed by atoms with Crippen LogP contribution in [0.15, 0.2) is 66.7 Å². The summed E-state index contributed by atoms with van der Waals surface area (Å²) in [5.74, 6) is 1.02. The van der Waals surface area contributed by atoms with Gasteiger partial charge in [-0.05, 0) is 42.3 Å². The molecule has 0 unspecified atom stereocenters. The Labute approximate surface area is 181 Å². The molecule has 160 valence electrons. The molecule has 1 amide bonds. The molecule has 1 fully saturated rings. The second-order valence-electron chi connectivity index (χ2n) is 7.38.